The summed E-state index contributed by atoms with van der Waals surface area (Å²) < 4.78 is 49.0. The second kappa shape index (κ2) is 7.57. The molecule has 0 bridgehead atoms. The summed E-state index contributed by atoms with van der Waals surface area (Å²) in [6.07, 6.45) is -4.52. The van der Waals surface area contributed by atoms with Crippen LogP contribution in [0, 0.1) is 0 Å². The van der Waals surface area contributed by atoms with E-state index >= 15 is 0 Å². The van der Waals surface area contributed by atoms with Crippen molar-refractivity contribution in [1.29, 1.82) is 0 Å². The van der Waals surface area contributed by atoms with Gasteiger partial charge >= 0.3 is 12.1 Å². The normalized spacial score (nSPS) is 11.2. The smallest absolute Gasteiger partial charge is 0.419 e. The third-order valence-corrected chi connectivity index (χ3v) is 3.50. The number of carbonyl (C=O) groups is 1. The first-order valence-corrected chi connectivity index (χ1v) is 7.45. The largest absolute Gasteiger partial charge is 0.488 e. The van der Waals surface area contributed by atoms with Crippen molar-refractivity contribution in [3.8, 4) is 5.75 Å². The first-order chi connectivity index (χ1) is 11.3. The molecule has 0 aliphatic rings. The van der Waals surface area contributed by atoms with Crippen molar-refractivity contribution in [2.24, 2.45) is 0 Å². The highest BCUT2D eigenvalue weighted by atomic mass is 35.5. The van der Waals surface area contributed by atoms with Crippen LogP contribution >= 0.6 is 11.6 Å². The van der Waals surface area contributed by atoms with Crippen molar-refractivity contribution in [3.63, 3.8) is 0 Å². The van der Waals surface area contributed by atoms with E-state index in [-0.39, 0.29) is 29.5 Å². The van der Waals surface area contributed by atoms with E-state index in [2.05, 4.69) is 0 Å². The fourth-order valence-electron chi connectivity index (χ4n) is 2.01. The van der Waals surface area contributed by atoms with E-state index in [9.17, 15) is 18.0 Å². The molecule has 3 nitrogen and oxygen atoms in total. The molecule has 2 aromatic carbocycles. The van der Waals surface area contributed by atoms with Gasteiger partial charge in [0.2, 0.25) is 0 Å². The molecule has 0 atom stereocenters. The van der Waals surface area contributed by atoms with Crippen molar-refractivity contribution in [2.75, 3.05) is 6.61 Å². The molecular formula is C17H14ClF3O3. The highest BCUT2D eigenvalue weighted by Crippen LogP contribution is 2.36. The van der Waals surface area contributed by atoms with Crippen LogP contribution in [0.5, 0.6) is 5.75 Å². The summed E-state index contributed by atoms with van der Waals surface area (Å²) in [4.78, 5) is 11.7. The Balaban J connectivity index is 2.21. The number of esters is 1. The Morgan fingerprint density at radius 2 is 1.88 bits per heavy atom. The molecule has 0 fully saturated rings. The van der Waals surface area contributed by atoms with Gasteiger partial charge in [-0.25, -0.2) is 4.79 Å². The van der Waals surface area contributed by atoms with Gasteiger partial charge in [-0.05, 0) is 37.3 Å². The van der Waals surface area contributed by atoms with Crippen LogP contribution in [0.15, 0.2) is 42.5 Å². The van der Waals surface area contributed by atoms with Gasteiger partial charge < -0.3 is 9.47 Å². The number of rotatable bonds is 5. The molecule has 0 aliphatic carbocycles. The number of benzene rings is 2. The van der Waals surface area contributed by atoms with E-state index in [4.69, 9.17) is 21.1 Å². The molecule has 2 aromatic rings. The third kappa shape index (κ3) is 4.41. The van der Waals surface area contributed by atoms with Gasteiger partial charge in [-0.1, -0.05) is 23.7 Å². The molecule has 0 aromatic heterocycles. The van der Waals surface area contributed by atoms with E-state index in [1.807, 2.05) is 0 Å². The highest BCUT2D eigenvalue weighted by Gasteiger charge is 2.34. The summed E-state index contributed by atoms with van der Waals surface area (Å²) in [6.45, 7) is 1.68. The van der Waals surface area contributed by atoms with Crippen molar-refractivity contribution in [2.45, 2.75) is 19.7 Å². The molecule has 128 valence electrons. The summed E-state index contributed by atoms with van der Waals surface area (Å²) in [5.74, 6) is -0.839. The molecule has 0 heterocycles. The summed E-state index contributed by atoms with van der Waals surface area (Å²) in [5.41, 5.74) is -0.231. The molecule has 0 aliphatic heterocycles. The Hall–Kier alpha value is -2.21. The number of para-hydroxylation sites is 1. The average Bonchev–Trinajstić information content (AvgIpc) is 2.53. The number of hydrogen-bond acceptors (Lipinski definition) is 3. The summed E-state index contributed by atoms with van der Waals surface area (Å²) in [5, 5.41) is 0.285. The Morgan fingerprint density at radius 3 is 2.54 bits per heavy atom. The monoisotopic (exact) mass is 358 g/mol. The zero-order chi connectivity index (χ0) is 17.7. The van der Waals surface area contributed by atoms with Crippen LogP contribution in [0.4, 0.5) is 13.2 Å². The SMILES string of the molecule is CCOC(=O)c1ccc(Cl)c(COc2ccccc2C(F)(F)F)c1. The summed E-state index contributed by atoms with van der Waals surface area (Å²) in [6, 6.07) is 9.29. The van der Waals surface area contributed by atoms with Crippen LogP contribution in [-0.4, -0.2) is 12.6 Å². The highest BCUT2D eigenvalue weighted by molar-refractivity contribution is 6.31. The van der Waals surface area contributed by atoms with E-state index in [1.165, 1.54) is 36.4 Å². The molecule has 2 rings (SSSR count). The number of carbonyl (C=O) groups excluding carboxylic acids is 1. The molecule has 0 N–H and O–H groups in total. The van der Waals surface area contributed by atoms with Gasteiger partial charge in [0.15, 0.2) is 0 Å². The van der Waals surface area contributed by atoms with Crippen molar-refractivity contribution in [3.05, 3.63) is 64.2 Å². The lowest BCUT2D eigenvalue weighted by atomic mass is 10.1. The first-order valence-electron chi connectivity index (χ1n) is 7.07. The minimum Gasteiger partial charge on any atom is -0.488 e. The van der Waals surface area contributed by atoms with E-state index in [1.54, 1.807) is 6.92 Å². The van der Waals surface area contributed by atoms with Crippen LogP contribution < -0.4 is 4.74 Å². The standard InChI is InChI=1S/C17H14ClF3O3/c1-2-23-16(22)11-7-8-14(18)12(9-11)10-24-15-6-4-3-5-13(15)17(19,20)21/h3-9H,2,10H2,1H3. The third-order valence-electron chi connectivity index (χ3n) is 3.13. The average molecular weight is 359 g/mol. The maximum absolute atomic E-state index is 12.9. The lowest BCUT2D eigenvalue weighted by molar-refractivity contribution is -0.139. The van der Waals surface area contributed by atoms with Crippen molar-refractivity contribution >= 4 is 17.6 Å². The Kier molecular flexibility index (Phi) is 5.72. The second-order valence-corrected chi connectivity index (χ2v) is 5.22. The fraction of sp³-hybridized carbons (Fsp3) is 0.235. The van der Waals surface area contributed by atoms with Gasteiger partial charge in [0.25, 0.3) is 0 Å². The Bertz CT molecular complexity index is 729. The number of hydrogen-bond donors (Lipinski definition) is 0. The van der Waals surface area contributed by atoms with Gasteiger partial charge in [-0.15, -0.1) is 0 Å². The van der Waals surface area contributed by atoms with Gasteiger partial charge in [-0.3, -0.25) is 0 Å². The first kappa shape index (κ1) is 18.1. The van der Waals surface area contributed by atoms with E-state index < -0.39 is 17.7 Å². The van der Waals surface area contributed by atoms with Gasteiger partial charge in [-0.2, -0.15) is 13.2 Å². The minimum atomic E-state index is -4.52. The molecule has 0 amide bonds. The van der Waals surface area contributed by atoms with Crippen LogP contribution in [0.3, 0.4) is 0 Å². The van der Waals surface area contributed by atoms with Gasteiger partial charge in [0.1, 0.15) is 12.4 Å². The molecule has 7 heteroatoms. The van der Waals surface area contributed by atoms with Crippen molar-refractivity contribution < 1.29 is 27.4 Å². The molecule has 0 spiro atoms. The quantitative estimate of drug-likeness (QED) is 0.696. The minimum absolute atomic E-state index is 0.209. The Labute approximate surface area is 142 Å². The summed E-state index contributed by atoms with van der Waals surface area (Å²) in [7, 11) is 0. The van der Waals surface area contributed by atoms with E-state index in [0.717, 1.165) is 6.07 Å². The fourth-order valence-corrected chi connectivity index (χ4v) is 2.18. The van der Waals surface area contributed by atoms with E-state index in [0.29, 0.717) is 5.56 Å². The van der Waals surface area contributed by atoms with Crippen LogP contribution in [0.25, 0.3) is 0 Å². The van der Waals surface area contributed by atoms with Crippen LogP contribution in [-0.2, 0) is 17.5 Å². The molecule has 0 unspecified atom stereocenters. The maximum atomic E-state index is 12.9. The maximum Gasteiger partial charge on any atom is 0.419 e. The number of ether oxygens (including phenoxy) is 2. The van der Waals surface area contributed by atoms with Gasteiger partial charge in [0, 0.05) is 10.6 Å². The Morgan fingerprint density at radius 1 is 1.17 bits per heavy atom. The van der Waals surface area contributed by atoms with Crippen LogP contribution in [0.1, 0.15) is 28.4 Å². The van der Waals surface area contributed by atoms with Gasteiger partial charge in [0.05, 0.1) is 17.7 Å². The van der Waals surface area contributed by atoms with Crippen molar-refractivity contribution in [1.82, 2.24) is 0 Å². The predicted molar refractivity (Wildman–Crippen MR) is 83.2 cm³/mol. The number of halogens is 4. The lowest BCUT2D eigenvalue weighted by Gasteiger charge is -2.14. The molecule has 24 heavy (non-hydrogen) atoms. The van der Waals surface area contributed by atoms with Crippen LogP contribution in [0.2, 0.25) is 5.02 Å². The topological polar surface area (TPSA) is 35.5 Å². The molecular weight excluding hydrogens is 345 g/mol. The zero-order valence-corrected chi connectivity index (χ0v) is 13.4. The molecule has 0 saturated carbocycles. The number of alkyl halides is 3. The lowest BCUT2D eigenvalue weighted by Crippen LogP contribution is -2.09. The summed E-state index contributed by atoms with van der Waals surface area (Å²) >= 11 is 6.02. The second-order valence-electron chi connectivity index (χ2n) is 4.81. The predicted octanol–water partition coefficient (Wildman–Crippen LogP) is 5.11. The zero-order valence-electron chi connectivity index (χ0n) is 12.7. The molecule has 0 saturated heterocycles. The molecule has 0 radical (unpaired) electrons.